The van der Waals surface area contributed by atoms with E-state index in [4.69, 9.17) is 9.26 Å². The Kier molecular flexibility index (Phi) is 4.78. The van der Waals surface area contributed by atoms with E-state index in [0.29, 0.717) is 11.6 Å². The van der Waals surface area contributed by atoms with Crippen LogP contribution in [0.4, 0.5) is 5.82 Å². The molecule has 0 spiro atoms. The first-order valence-corrected chi connectivity index (χ1v) is 7.69. The fourth-order valence-electron chi connectivity index (χ4n) is 2.09. The molecular weight excluding hydrogens is 292 g/mol. The highest BCUT2D eigenvalue weighted by atomic mass is 16.5. The molecule has 0 saturated carbocycles. The van der Waals surface area contributed by atoms with Crippen LogP contribution in [-0.4, -0.2) is 17.2 Å². The average molecular weight is 316 g/mol. The molecule has 0 saturated heterocycles. The third kappa shape index (κ3) is 4.34. The summed E-state index contributed by atoms with van der Waals surface area (Å²) in [5.74, 6) is 1.55. The number of carbonyl (C=O) groups is 1. The molecule has 5 nitrogen and oxygen atoms in total. The molecule has 124 valence electrons. The van der Waals surface area contributed by atoms with Crippen LogP contribution in [0.25, 0.3) is 0 Å². The lowest BCUT2D eigenvalue weighted by Gasteiger charge is -2.15. The van der Waals surface area contributed by atoms with Gasteiger partial charge in [-0.3, -0.25) is 4.79 Å². The van der Waals surface area contributed by atoms with Gasteiger partial charge in [0.25, 0.3) is 5.91 Å². The zero-order valence-corrected chi connectivity index (χ0v) is 14.6. The van der Waals surface area contributed by atoms with E-state index in [1.807, 2.05) is 52.8 Å². The second-order valence-electron chi connectivity index (χ2n) is 6.84. The summed E-state index contributed by atoms with van der Waals surface area (Å²) in [5.41, 5.74) is 2.00. The van der Waals surface area contributed by atoms with E-state index in [0.717, 1.165) is 16.9 Å². The molecule has 0 aliphatic rings. The summed E-state index contributed by atoms with van der Waals surface area (Å²) in [6, 6.07) is 7.59. The van der Waals surface area contributed by atoms with Gasteiger partial charge in [0.2, 0.25) is 0 Å². The van der Waals surface area contributed by atoms with Crippen molar-refractivity contribution in [3.63, 3.8) is 0 Å². The van der Waals surface area contributed by atoms with E-state index in [1.54, 1.807) is 13.0 Å². The molecule has 0 unspecified atom stereocenters. The molecule has 0 radical (unpaired) electrons. The molecule has 23 heavy (non-hydrogen) atoms. The number of hydrogen-bond donors (Lipinski definition) is 1. The molecule has 1 aromatic carbocycles. The average Bonchev–Trinajstić information content (AvgIpc) is 2.90. The minimum absolute atomic E-state index is 0.156. The zero-order valence-electron chi connectivity index (χ0n) is 14.6. The summed E-state index contributed by atoms with van der Waals surface area (Å²) >= 11 is 0. The van der Waals surface area contributed by atoms with Gasteiger partial charge in [0.1, 0.15) is 11.5 Å². The quantitative estimate of drug-likeness (QED) is 0.926. The van der Waals surface area contributed by atoms with Gasteiger partial charge >= 0.3 is 0 Å². The summed E-state index contributed by atoms with van der Waals surface area (Å²) in [6.07, 6.45) is -0.633. The van der Waals surface area contributed by atoms with E-state index in [1.165, 1.54) is 0 Å². The highest BCUT2D eigenvalue weighted by Gasteiger charge is 2.22. The van der Waals surface area contributed by atoms with Gasteiger partial charge in [0.15, 0.2) is 11.9 Å². The van der Waals surface area contributed by atoms with Crippen LogP contribution in [0.5, 0.6) is 5.75 Å². The minimum atomic E-state index is -0.633. The van der Waals surface area contributed by atoms with Gasteiger partial charge in [-0.2, -0.15) is 0 Å². The lowest BCUT2D eigenvalue weighted by molar-refractivity contribution is -0.122. The van der Waals surface area contributed by atoms with Gasteiger partial charge in [0.05, 0.1) is 0 Å². The van der Waals surface area contributed by atoms with Gasteiger partial charge in [-0.05, 0) is 32.4 Å². The Morgan fingerprint density at radius 2 is 1.96 bits per heavy atom. The number of nitrogens with zero attached hydrogens (tertiary/aromatic N) is 1. The maximum Gasteiger partial charge on any atom is 0.266 e. The fourth-order valence-corrected chi connectivity index (χ4v) is 2.09. The molecule has 1 amide bonds. The van der Waals surface area contributed by atoms with Crippen molar-refractivity contribution in [1.82, 2.24) is 5.16 Å². The first-order valence-electron chi connectivity index (χ1n) is 7.69. The van der Waals surface area contributed by atoms with Crippen molar-refractivity contribution in [3.8, 4) is 5.75 Å². The number of aryl methyl sites for hydroxylation is 2. The third-order valence-corrected chi connectivity index (χ3v) is 3.50. The van der Waals surface area contributed by atoms with Gasteiger partial charge < -0.3 is 14.6 Å². The topological polar surface area (TPSA) is 64.4 Å². The first kappa shape index (κ1) is 17.1. The van der Waals surface area contributed by atoms with Gasteiger partial charge in [-0.1, -0.05) is 43.6 Å². The normalized spacial score (nSPS) is 12.8. The summed E-state index contributed by atoms with van der Waals surface area (Å²) < 4.78 is 11.0. The Hall–Kier alpha value is -2.30. The molecule has 0 bridgehead atoms. The summed E-state index contributed by atoms with van der Waals surface area (Å²) in [4.78, 5) is 12.2. The minimum Gasteiger partial charge on any atom is -0.481 e. The highest BCUT2D eigenvalue weighted by molar-refractivity contribution is 5.93. The van der Waals surface area contributed by atoms with E-state index < -0.39 is 6.10 Å². The Balaban J connectivity index is 2.01. The van der Waals surface area contributed by atoms with Crippen molar-refractivity contribution >= 4 is 11.7 Å². The van der Waals surface area contributed by atoms with E-state index in [-0.39, 0.29) is 11.3 Å². The van der Waals surface area contributed by atoms with Gasteiger partial charge in [-0.15, -0.1) is 0 Å². The number of amides is 1. The second-order valence-corrected chi connectivity index (χ2v) is 6.84. The SMILES string of the molecule is Cc1ccc(O[C@@H](C)C(=O)Nc2cc(C(C)(C)C)on2)c(C)c1. The predicted octanol–water partition coefficient (Wildman–Crippen LogP) is 3.99. The maximum absolute atomic E-state index is 12.2. The summed E-state index contributed by atoms with van der Waals surface area (Å²) in [6.45, 7) is 11.7. The number of benzene rings is 1. The van der Waals surface area contributed by atoms with Crippen molar-refractivity contribution in [3.05, 3.63) is 41.2 Å². The van der Waals surface area contributed by atoms with Crippen molar-refractivity contribution in [2.24, 2.45) is 0 Å². The number of hydrogen-bond acceptors (Lipinski definition) is 4. The lowest BCUT2D eigenvalue weighted by atomic mass is 9.93. The Morgan fingerprint density at radius 1 is 1.26 bits per heavy atom. The summed E-state index contributed by atoms with van der Waals surface area (Å²) in [7, 11) is 0. The van der Waals surface area contributed by atoms with Crippen molar-refractivity contribution in [1.29, 1.82) is 0 Å². The lowest BCUT2D eigenvalue weighted by Crippen LogP contribution is -2.30. The van der Waals surface area contributed by atoms with Crippen molar-refractivity contribution in [2.75, 3.05) is 5.32 Å². The van der Waals surface area contributed by atoms with Crippen LogP contribution < -0.4 is 10.1 Å². The van der Waals surface area contributed by atoms with Crippen LogP contribution in [0, 0.1) is 13.8 Å². The monoisotopic (exact) mass is 316 g/mol. The number of nitrogens with one attached hydrogen (secondary N) is 1. The van der Waals surface area contributed by atoms with Crippen LogP contribution in [0.3, 0.4) is 0 Å². The highest BCUT2D eigenvalue weighted by Crippen LogP contribution is 2.25. The molecule has 1 heterocycles. The zero-order chi connectivity index (χ0) is 17.2. The number of anilines is 1. The third-order valence-electron chi connectivity index (χ3n) is 3.50. The van der Waals surface area contributed by atoms with Gasteiger partial charge in [0, 0.05) is 11.5 Å². The van der Waals surface area contributed by atoms with Crippen molar-refractivity contribution < 1.29 is 14.1 Å². The molecule has 2 rings (SSSR count). The molecule has 1 atom stereocenters. The number of aromatic nitrogens is 1. The number of ether oxygens (including phenoxy) is 1. The van der Waals surface area contributed by atoms with Crippen LogP contribution in [0.2, 0.25) is 0 Å². The molecule has 1 N–H and O–H groups in total. The molecule has 0 fully saturated rings. The fraction of sp³-hybridized carbons (Fsp3) is 0.444. The maximum atomic E-state index is 12.2. The largest absolute Gasteiger partial charge is 0.481 e. The van der Waals surface area contributed by atoms with Crippen LogP contribution in [0.1, 0.15) is 44.6 Å². The predicted molar refractivity (Wildman–Crippen MR) is 89.8 cm³/mol. The van der Waals surface area contributed by atoms with E-state index >= 15 is 0 Å². The van der Waals surface area contributed by atoms with Crippen LogP contribution in [-0.2, 0) is 10.2 Å². The second kappa shape index (κ2) is 6.44. The summed E-state index contributed by atoms with van der Waals surface area (Å²) in [5, 5.41) is 6.60. The van der Waals surface area contributed by atoms with Crippen LogP contribution in [0.15, 0.2) is 28.8 Å². The molecule has 0 aliphatic heterocycles. The van der Waals surface area contributed by atoms with Crippen LogP contribution >= 0.6 is 0 Å². The molecule has 5 heteroatoms. The Bertz CT molecular complexity index is 699. The first-order chi connectivity index (χ1) is 10.7. The van der Waals surface area contributed by atoms with E-state index in [2.05, 4.69) is 10.5 Å². The van der Waals surface area contributed by atoms with E-state index in [9.17, 15) is 4.79 Å². The Labute approximate surface area is 137 Å². The van der Waals surface area contributed by atoms with Gasteiger partial charge in [-0.25, -0.2) is 0 Å². The molecule has 2 aromatic rings. The smallest absolute Gasteiger partial charge is 0.266 e. The molecule has 1 aromatic heterocycles. The number of rotatable bonds is 4. The molecular formula is C18H24N2O3. The number of carbonyl (C=O) groups excluding carboxylic acids is 1. The van der Waals surface area contributed by atoms with Crippen molar-refractivity contribution in [2.45, 2.75) is 53.1 Å². The Morgan fingerprint density at radius 3 is 2.52 bits per heavy atom. The standard InChI is InChI=1S/C18H24N2O3/c1-11-7-8-14(12(2)9-11)22-13(3)17(21)19-16-10-15(23-20-16)18(4,5)6/h7-10,13H,1-6H3,(H,19,20,21)/t13-/m0/s1. The molecule has 0 aliphatic carbocycles.